The van der Waals surface area contributed by atoms with Crippen LogP contribution in [0.15, 0.2) is 29.3 Å². The molecule has 0 bridgehead atoms. The van der Waals surface area contributed by atoms with Crippen molar-refractivity contribution in [2.45, 2.75) is 104 Å². The smallest absolute Gasteiger partial charge is 0.148 e. The molecule has 0 aliphatic heterocycles. The summed E-state index contributed by atoms with van der Waals surface area (Å²) in [5.74, 6) is 0. The fraction of sp³-hybridized carbons (Fsp3) is 0.708. The molecular weight excluding hydrogens is 318 g/mol. The van der Waals surface area contributed by atoms with Crippen LogP contribution in [0.3, 0.4) is 0 Å². The lowest BCUT2D eigenvalue weighted by Gasteiger charge is -2.17. The van der Waals surface area contributed by atoms with E-state index in [0.717, 1.165) is 19.3 Å². The van der Waals surface area contributed by atoms with Gasteiger partial charge in [0, 0.05) is 12.8 Å². The minimum absolute atomic E-state index is 0.00174. The van der Waals surface area contributed by atoms with E-state index >= 15 is 0 Å². The Hall–Kier alpha value is -1.15. The summed E-state index contributed by atoms with van der Waals surface area (Å²) in [6.45, 7) is 6.77. The van der Waals surface area contributed by atoms with Crippen molar-refractivity contribution in [2.24, 2.45) is 4.99 Å². The lowest BCUT2D eigenvalue weighted by molar-refractivity contribution is 0.100. The van der Waals surface area contributed by atoms with Crippen LogP contribution in [0.25, 0.3) is 0 Å². The lowest BCUT2D eigenvalue weighted by atomic mass is 9.95. The molecule has 0 aliphatic rings. The molecule has 148 valence electrons. The number of aryl methyl sites for hydroxylation is 1. The molecule has 2 nitrogen and oxygen atoms in total. The highest BCUT2D eigenvalue weighted by molar-refractivity contribution is 6.01. The molecule has 1 rings (SSSR count). The Morgan fingerprint density at radius 2 is 1.58 bits per heavy atom. The van der Waals surface area contributed by atoms with Gasteiger partial charge in [-0.15, -0.1) is 0 Å². The molecule has 2 heteroatoms. The minimum Gasteiger partial charge on any atom is -0.360 e. The molecule has 1 aromatic rings. The first kappa shape index (κ1) is 22.9. The van der Waals surface area contributed by atoms with Crippen molar-refractivity contribution in [1.82, 2.24) is 0 Å². The molecule has 0 radical (unpaired) electrons. The number of ether oxygens (including phenoxy) is 1. The van der Waals surface area contributed by atoms with Crippen molar-refractivity contribution in [3.8, 4) is 0 Å². The predicted octanol–water partition coefficient (Wildman–Crippen LogP) is 7.34. The highest BCUT2D eigenvalue weighted by Gasteiger charge is 2.12. The predicted molar refractivity (Wildman–Crippen MR) is 115 cm³/mol. The summed E-state index contributed by atoms with van der Waals surface area (Å²) in [6.07, 6.45) is 14.6. The zero-order chi connectivity index (χ0) is 19.0. The Labute approximate surface area is 162 Å². The summed E-state index contributed by atoms with van der Waals surface area (Å²) in [4.78, 5) is 5.09. The Bertz CT molecular complexity index is 495. The van der Waals surface area contributed by atoms with Gasteiger partial charge in [0.2, 0.25) is 0 Å². The number of nitrogens with zero attached hydrogens (tertiary/aromatic N) is 1. The van der Waals surface area contributed by atoms with Crippen LogP contribution < -0.4 is 0 Å². The van der Waals surface area contributed by atoms with Crippen molar-refractivity contribution >= 4 is 5.71 Å². The zero-order valence-electron chi connectivity index (χ0n) is 17.7. The van der Waals surface area contributed by atoms with Gasteiger partial charge in [-0.25, -0.2) is 0 Å². The number of aliphatic imine (C=N–C) groups is 1. The first-order valence-electron chi connectivity index (χ1n) is 10.9. The maximum Gasteiger partial charge on any atom is 0.148 e. The van der Waals surface area contributed by atoms with Crippen LogP contribution in [0.2, 0.25) is 0 Å². The zero-order valence-corrected chi connectivity index (χ0v) is 17.7. The average molecular weight is 360 g/mol. The van der Waals surface area contributed by atoms with E-state index in [4.69, 9.17) is 9.73 Å². The third kappa shape index (κ3) is 8.98. The van der Waals surface area contributed by atoms with Crippen molar-refractivity contribution < 1.29 is 4.74 Å². The summed E-state index contributed by atoms with van der Waals surface area (Å²) >= 11 is 0. The normalized spacial score (nSPS) is 13.2. The third-order valence-corrected chi connectivity index (χ3v) is 4.99. The van der Waals surface area contributed by atoms with Crippen LogP contribution in [-0.4, -0.2) is 19.0 Å². The van der Waals surface area contributed by atoms with Crippen LogP contribution in [-0.2, 0) is 11.2 Å². The lowest BCUT2D eigenvalue weighted by Crippen LogP contribution is -2.14. The van der Waals surface area contributed by atoms with E-state index in [1.54, 1.807) is 7.11 Å². The molecule has 1 unspecified atom stereocenters. The first-order valence-corrected chi connectivity index (χ1v) is 10.9. The molecule has 0 aromatic heterocycles. The van der Waals surface area contributed by atoms with Gasteiger partial charge in [-0.1, -0.05) is 90.0 Å². The van der Waals surface area contributed by atoms with E-state index in [1.165, 1.54) is 74.6 Å². The van der Waals surface area contributed by atoms with Crippen molar-refractivity contribution in [1.29, 1.82) is 0 Å². The fourth-order valence-electron chi connectivity index (χ4n) is 3.43. The number of methoxy groups -OCH3 is 1. The quantitative estimate of drug-likeness (QED) is 0.237. The van der Waals surface area contributed by atoms with Gasteiger partial charge in [-0.05, 0) is 43.2 Å². The standard InChI is InChI=1S/C24H41NO/c1-5-8-10-11-13-19-23(25-24(26-4)20-12-9-6-2)22-18-15-14-17-21(22)16-7-3/h14-15,17-18,24H,5-13,16,19-20H2,1-4H3/b25-23+. The number of unbranched alkanes of at least 4 members (excludes halogenated alkanes) is 6. The molecule has 0 heterocycles. The van der Waals surface area contributed by atoms with Crippen molar-refractivity contribution in [2.75, 3.05) is 7.11 Å². The second-order valence-electron chi connectivity index (χ2n) is 7.33. The van der Waals surface area contributed by atoms with Gasteiger partial charge >= 0.3 is 0 Å². The molecule has 0 fully saturated rings. The maximum atomic E-state index is 5.71. The molecule has 1 atom stereocenters. The van der Waals surface area contributed by atoms with Crippen LogP contribution in [0.4, 0.5) is 0 Å². The summed E-state index contributed by atoms with van der Waals surface area (Å²) in [6, 6.07) is 8.83. The van der Waals surface area contributed by atoms with Gasteiger partial charge in [0.1, 0.15) is 6.23 Å². The summed E-state index contributed by atoms with van der Waals surface area (Å²) in [7, 11) is 1.80. The fourth-order valence-corrected chi connectivity index (χ4v) is 3.43. The molecule has 1 aromatic carbocycles. The molecule has 0 saturated carbocycles. The number of rotatable bonds is 15. The van der Waals surface area contributed by atoms with Crippen LogP contribution >= 0.6 is 0 Å². The van der Waals surface area contributed by atoms with Gasteiger partial charge in [0.15, 0.2) is 0 Å². The molecule has 0 N–H and O–H groups in total. The molecule has 0 aliphatic carbocycles. The van der Waals surface area contributed by atoms with Crippen molar-refractivity contribution in [3.05, 3.63) is 35.4 Å². The molecule has 26 heavy (non-hydrogen) atoms. The van der Waals surface area contributed by atoms with E-state index in [0.29, 0.717) is 0 Å². The number of hydrogen-bond donors (Lipinski definition) is 0. The Kier molecular flexibility index (Phi) is 13.2. The molecule has 0 saturated heterocycles. The van der Waals surface area contributed by atoms with Gasteiger partial charge in [0.25, 0.3) is 0 Å². The van der Waals surface area contributed by atoms with E-state index in [9.17, 15) is 0 Å². The summed E-state index contributed by atoms with van der Waals surface area (Å²) in [5.41, 5.74) is 4.04. The van der Waals surface area contributed by atoms with E-state index in [2.05, 4.69) is 45.0 Å². The Morgan fingerprint density at radius 3 is 2.27 bits per heavy atom. The second kappa shape index (κ2) is 15.0. The Morgan fingerprint density at radius 1 is 0.885 bits per heavy atom. The van der Waals surface area contributed by atoms with Crippen LogP contribution in [0.5, 0.6) is 0 Å². The van der Waals surface area contributed by atoms with E-state index in [1.807, 2.05) is 0 Å². The largest absolute Gasteiger partial charge is 0.360 e. The van der Waals surface area contributed by atoms with Gasteiger partial charge in [-0.3, -0.25) is 4.99 Å². The monoisotopic (exact) mass is 359 g/mol. The van der Waals surface area contributed by atoms with E-state index < -0.39 is 0 Å². The minimum atomic E-state index is 0.00174. The van der Waals surface area contributed by atoms with Crippen LogP contribution in [0, 0.1) is 0 Å². The van der Waals surface area contributed by atoms with E-state index in [-0.39, 0.29) is 6.23 Å². The van der Waals surface area contributed by atoms with Crippen LogP contribution in [0.1, 0.15) is 103 Å². The van der Waals surface area contributed by atoms with Crippen molar-refractivity contribution in [3.63, 3.8) is 0 Å². The first-order chi connectivity index (χ1) is 12.8. The summed E-state index contributed by atoms with van der Waals surface area (Å²) < 4.78 is 5.71. The molecule has 0 amide bonds. The maximum absolute atomic E-state index is 5.71. The number of hydrogen-bond acceptors (Lipinski definition) is 2. The highest BCUT2D eigenvalue weighted by atomic mass is 16.5. The molecular formula is C24H41NO. The highest BCUT2D eigenvalue weighted by Crippen LogP contribution is 2.19. The topological polar surface area (TPSA) is 21.6 Å². The van der Waals surface area contributed by atoms with Gasteiger partial charge in [-0.2, -0.15) is 0 Å². The third-order valence-electron chi connectivity index (χ3n) is 4.99. The summed E-state index contributed by atoms with van der Waals surface area (Å²) in [5, 5.41) is 0. The SMILES string of the molecule is CCCCCCC/C(=N\C(CCCCC)OC)c1ccccc1CCC. The van der Waals surface area contributed by atoms with Gasteiger partial charge < -0.3 is 4.74 Å². The number of benzene rings is 1. The molecule has 0 spiro atoms. The average Bonchev–Trinajstić information content (AvgIpc) is 2.66. The second-order valence-corrected chi connectivity index (χ2v) is 7.33. The Balaban J connectivity index is 2.91. The van der Waals surface area contributed by atoms with Gasteiger partial charge in [0.05, 0.1) is 0 Å².